The van der Waals surface area contributed by atoms with Crippen molar-refractivity contribution in [3.63, 3.8) is 0 Å². The predicted octanol–water partition coefficient (Wildman–Crippen LogP) is 3.50. The molecule has 0 aromatic heterocycles. The molecule has 0 spiro atoms. The Morgan fingerprint density at radius 3 is 2.48 bits per heavy atom. The van der Waals surface area contributed by atoms with E-state index in [0.717, 1.165) is 5.56 Å². The van der Waals surface area contributed by atoms with Crippen LogP contribution in [-0.4, -0.2) is 19.0 Å². The lowest BCUT2D eigenvalue weighted by Gasteiger charge is -2.18. The highest BCUT2D eigenvalue weighted by molar-refractivity contribution is 5.98. The molecule has 0 aliphatic carbocycles. The summed E-state index contributed by atoms with van der Waals surface area (Å²) in [6, 6.07) is 11.5. The Kier molecular flexibility index (Phi) is 3.65. The molecule has 108 valence electrons. The van der Waals surface area contributed by atoms with Crippen molar-refractivity contribution in [2.24, 2.45) is 0 Å². The molecule has 2 aromatic rings. The van der Waals surface area contributed by atoms with Crippen molar-refractivity contribution >= 4 is 5.78 Å². The van der Waals surface area contributed by atoms with Gasteiger partial charge in [-0.05, 0) is 48.7 Å². The summed E-state index contributed by atoms with van der Waals surface area (Å²) in [6.45, 7) is 5.22. The lowest BCUT2D eigenvalue weighted by atomic mass is 9.99. The molecule has 2 aromatic carbocycles. The van der Waals surface area contributed by atoms with Gasteiger partial charge in [0.2, 0.25) is 0 Å². The van der Waals surface area contributed by atoms with Crippen LogP contribution in [0.1, 0.15) is 27.0 Å². The van der Waals surface area contributed by atoms with Gasteiger partial charge in [0.1, 0.15) is 13.2 Å². The maximum Gasteiger partial charge on any atom is 0.167 e. The monoisotopic (exact) mass is 282 g/mol. The van der Waals surface area contributed by atoms with Gasteiger partial charge < -0.3 is 9.47 Å². The van der Waals surface area contributed by atoms with Crippen LogP contribution in [-0.2, 0) is 6.42 Å². The number of ketones is 1. The standard InChI is InChI=1S/C18H18O3/c1-12-3-4-14(9-13(12)2)10-16(19)15-5-6-17-18(11-15)21-8-7-20-17/h3-6,9,11H,7-8,10H2,1-2H3. The van der Waals surface area contributed by atoms with Gasteiger partial charge in [-0.3, -0.25) is 4.79 Å². The molecule has 0 saturated heterocycles. The van der Waals surface area contributed by atoms with Crippen molar-refractivity contribution in [1.29, 1.82) is 0 Å². The number of ether oxygens (including phenoxy) is 2. The maximum atomic E-state index is 12.4. The first kappa shape index (κ1) is 13.7. The summed E-state index contributed by atoms with van der Waals surface area (Å²) in [4.78, 5) is 12.4. The summed E-state index contributed by atoms with van der Waals surface area (Å²) in [5, 5.41) is 0. The molecule has 3 rings (SSSR count). The van der Waals surface area contributed by atoms with Crippen molar-refractivity contribution in [3.8, 4) is 11.5 Å². The molecule has 0 fully saturated rings. The fourth-order valence-corrected chi connectivity index (χ4v) is 2.42. The van der Waals surface area contributed by atoms with E-state index >= 15 is 0 Å². The fraction of sp³-hybridized carbons (Fsp3) is 0.278. The Hall–Kier alpha value is -2.29. The van der Waals surface area contributed by atoms with Crippen LogP contribution in [0.4, 0.5) is 0 Å². The third-order valence-corrected chi connectivity index (χ3v) is 3.80. The van der Waals surface area contributed by atoms with Crippen molar-refractivity contribution in [2.75, 3.05) is 13.2 Å². The van der Waals surface area contributed by atoms with E-state index < -0.39 is 0 Å². The highest BCUT2D eigenvalue weighted by Crippen LogP contribution is 2.31. The van der Waals surface area contributed by atoms with Crippen LogP contribution in [0.25, 0.3) is 0 Å². The van der Waals surface area contributed by atoms with E-state index in [1.165, 1.54) is 11.1 Å². The van der Waals surface area contributed by atoms with Gasteiger partial charge >= 0.3 is 0 Å². The average Bonchev–Trinajstić information content (AvgIpc) is 2.50. The Morgan fingerprint density at radius 2 is 1.71 bits per heavy atom. The Bertz CT molecular complexity index is 689. The molecular weight excluding hydrogens is 264 g/mol. The third-order valence-electron chi connectivity index (χ3n) is 3.80. The minimum atomic E-state index is 0.0928. The highest BCUT2D eigenvalue weighted by atomic mass is 16.6. The number of aryl methyl sites for hydroxylation is 2. The van der Waals surface area contributed by atoms with E-state index in [2.05, 4.69) is 26.0 Å². The van der Waals surface area contributed by atoms with Crippen molar-refractivity contribution < 1.29 is 14.3 Å². The van der Waals surface area contributed by atoms with Crippen molar-refractivity contribution in [3.05, 3.63) is 58.7 Å². The minimum absolute atomic E-state index is 0.0928. The normalized spacial score (nSPS) is 13.0. The summed E-state index contributed by atoms with van der Waals surface area (Å²) in [5.41, 5.74) is 4.16. The topological polar surface area (TPSA) is 35.5 Å². The van der Waals surface area contributed by atoms with Crippen LogP contribution in [0.3, 0.4) is 0 Å². The second-order valence-electron chi connectivity index (χ2n) is 5.38. The van der Waals surface area contributed by atoms with Crippen molar-refractivity contribution in [1.82, 2.24) is 0 Å². The van der Waals surface area contributed by atoms with Crippen LogP contribution in [0.15, 0.2) is 36.4 Å². The number of hydrogen-bond acceptors (Lipinski definition) is 3. The summed E-state index contributed by atoms with van der Waals surface area (Å²) < 4.78 is 11.0. The Morgan fingerprint density at radius 1 is 0.952 bits per heavy atom. The molecule has 0 radical (unpaired) electrons. The van der Waals surface area contributed by atoms with Crippen LogP contribution < -0.4 is 9.47 Å². The second-order valence-corrected chi connectivity index (χ2v) is 5.38. The molecule has 0 atom stereocenters. The molecule has 1 aliphatic heterocycles. The summed E-state index contributed by atoms with van der Waals surface area (Å²) in [6.07, 6.45) is 0.404. The maximum absolute atomic E-state index is 12.4. The Labute approximate surface area is 124 Å². The molecule has 3 nitrogen and oxygen atoms in total. The molecule has 0 saturated carbocycles. The lowest BCUT2D eigenvalue weighted by Crippen LogP contribution is -2.16. The number of Topliss-reactive ketones (excluding diaryl/α,β-unsaturated/α-hetero) is 1. The van der Waals surface area contributed by atoms with Gasteiger partial charge in [-0.15, -0.1) is 0 Å². The van der Waals surface area contributed by atoms with E-state index in [4.69, 9.17) is 9.47 Å². The summed E-state index contributed by atoms with van der Waals surface area (Å²) in [7, 11) is 0. The summed E-state index contributed by atoms with van der Waals surface area (Å²) >= 11 is 0. The summed E-state index contributed by atoms with van der Waals surface area (Å²) in [5.74, 6) is 1.46. The van der Waals surface area contributed by atoms with E-state index in [1.54, 1.807) is 12.1 Å². The number of carbonyl (C=O) groups is 1. The zero-order valence-electron chi connectivity index (χ0n) is 12.3. The van der Waals surface area contributed by atoms with Crippen LogP contribution in [0, 0.1) is 13.8 Å². The highest BCUT2D eigenvalue weighted by Gasteiger charge is 2.15. The second kappa shape index (κ2) is 5.60. The first-order chi connectivity index (χ1) is 10.1. The molecule has 1 aliphatic rings. The third kappa shape index (κ3) is 2.92. The average molecular weight is 282 g/mol. The van der Waals surface area contributed by atoms with Gasteiger partial charge in [0.05, 0.1) is 0 Å². The fourth-order valence-electron chi connectivity index (χ4n) is 2.42. The van der Waals surface area contributed by atoms with Gasteiger partial charge in [0.15, 0.2) is 17.3 Å². The van der Waals surface area contributed by atoms with Gasteiger partial charge in [-0.25, -0.2) is 0 Å². The molecular formula is C18H18O3. The number of benzene rings is 2. The quantitative estimate of drug-likeness (QED) is 0.808. The van der Waals surface area contributed by atoms with Crippen LogP contribution in [0.2, 0.25) is 0 Å². The lowest BCUT2D eigenvalue weighted by molar-refractivity contribution is 0.0991. The zero-order chi connectivity index (χ0) is 14.8. The smallest absolute Gasteiger partial charge is 0.167 e. The molecule has 21 heavy (non-hydrogen) atoms. The molecule has 3 heteroatoms. The number of hydrogen-bond donors (Lipinski definition) is 0. The van der Waals surface area contributed by atoms with Gasteiger partial charge in [-0.2, -0.15) is 0 Å². The van der Waals surface area contributed by atoms with Crippen LogP contribution in [0.5, 0.6) is 11.5 Å². The first-order valence-electron chi connectivity index (χ1n) is 7.12. The van der Waals surface area contributed by atoms with Gasteiger partial charge in [0, 0.05) is 12.0 Å². The van der Waals surface area contributed by atoms with Crippen molar-refractivity contribution in [2.45, 2.75) is 20.3 Å². The van der Waals surface area contributed by atoms with E-state index in [1.807, 2.05) is 12.1 Å². The Balaban J connectivity index is 1.80. The molecule has 0 bridgehead atoms. The molecule has 1 heterocycles. The van der Waals surface area contributed by atoms with E-state index in [-0.39, 0.29) is 5.78 Å². The number of rotatable bonds is 3. The SMILES string of the molecule is Cc1ccc(CC(=O)c2ccc3c(c2)OCCO3)cc1C. The first-order valence-corrected chi connectivity index (χ1v) is 7.12. The van der Waals surface area contributed by atoms with E-state index in [0.29, 0.717) is 36.7 Å². The zero-order valence-corrected chi connectivity index (χ0v) is 12.3. The molecule has 0 amide bonds. The number of carbonyl (C=O) groups excluding carboxylic acids is 1. The number of fused-ring (bicyclic) bond motifs is 1. The van der Waals surface area contributed by atoms with Gasteiger partial charge in [0.25, 0.3) is 0 Å². The predicted molar refractivity (Wildman–Crippen MR) is 81.4 cm³/mol. The minimum Gasteiger partial charge on any atom is -0.486 e. The van der Waals surface area contributed by atoms with E-state index in [9.17, 15) is 4.79 Å². The van der Waals surface area contributed by atoms with Gasteiger partial charge in [-0.1, -0.05) is 18.2 Å². The van der Waals surface area contributed by atoms with Crippen LogP contribution >= 0.6 is 0 Å². The molecule has 0 unspecified atom stereocenters. The molecule has 0 N–H and O–H groups in total. The largest absolute Gasteiger partial charge is 0.486 e.